The Hall–Kier alpha value is -0.960. The molecule has 1 saturated carbocycles. The molecule has 0 bridgehead atoms. The maximum Gasteiger partial charge on any atom is 0.407 e. The van der Waals surface area contributed by atoms with Crippen molar-refractivity contribution in [2.75, 3.05) is 6.61 Å². The Morgan fingerprint density at radius 3 is 2.41 bits per heavy atom. The van der Waals surface area contributed by atoms with E-state index in [1.54, 1.807) is 0 Å². The lowest BCUT2D eigenvalue weighted by molar-refractivity contribution is 0.0675. The number of hydrogen-bond donors (Lipinski definition) is 2. The zero-order valence-electron chi connectivity index (χ0n) is 12.4. The monoisotopic (exact) mass is 343 g/mol. The predicted octanol–water partition coefficient (Wildman–Crippen LogP) is 3.09. The number of rotatable bonds is 8. The number of alkyl halides is 2. The number of halogens is 2. The topological polar surface area (TPSA) is 92.7 Å². The molecular formula is C13H23F2NO5S. The zero-order chi connectivity index (χ0) is 16.6. The van der Waals surface area contributed by atoms with Crippen molar-refractivity contribution in [2.24, 2.45) is 0 Å². The second-order valence-electron chi connectivity index (χ2n) is 5.54. The van der Waals surface area contributed by atoms with Crippen LogP contribution in [0.2, 0.25) is 0 Å². The van der Waals surface area contributed by atoms with Gasteiger partial charge in [-0.15, -0.1) is 0 Å². The van der Waals surface area contributed by atoms with Gasteiger partial charge in [-0.25, -0.2) is 4.79 Å². The SMILES string of the molecule is O=C(NC1CCCCC1)OCCCCCC(F)(F)S(=O)(=O)O. The Morgan fingerprint density at radius 2 is 1.82 bits per heavy atom. The highest BCUT2D eigenvalue weighted by Crippen LogP contribution is 2.27. The number of ether oxygens (including phenoxy) is 1. The van der Waals surface area contributed by atoms with E-state index < -0.39 is 27.9 Å². The van der Waals surface area contributed by atoms with Crippen LogP contribution in [0.3, 0.4) is 0 Å². The fourth-order valence-electron chi connectivity index (χ4n) is 2.36. The molecule has 0 atom stereocenters. The van der Waals surface area contributed by atoms with E-state index in [9.17, 15) is 22.0 Å². The van der Waals surface area contributed by atoms with Crippen LogP contribution in [-0.2, 0) is 14.9 Å². The Kier molecular flexibility index (Phi) is 7.47. The molecule has 2 N–H and O–H groups in total. The minimum Gasteiger partial charge on any atom is -0.450 e. The third-order valence-corrected chi connectivity index (χ3v) is 4.61. The summed E-state index contributed by atoms with van der Waals surface area (Å²) in [6.45, 7) is 0.0933. The maximum absolute atomic E-state index is 12.9. The first kappa shape index (κ1) is 19.1. The molecule has 0 aromatic rings. The van der Waals surface area contributed by atoms with Crippen LogP contribution in [-0.4, -0.2) is 37.0 Å². The largest absolute Gasteiger partial charge is 0.450 e. The predicted molar refractivity (Wildman–Crippen MR) is 76.3 cm³/mol. The van der Waals surface area contributed by atoms with E-state index in [-0.39, 0.29) is 25.5 Å². The van der Waals surface area contributed by atoms with E-state index in [0.717, 1.165) is 25.7 Å². The van der Waals surface area contributed by atoms with Crippen LogP contribution in [0.4, 0.5) is 13.6 Å². The van der Waals surface area contributed by atoms with Gasteiger partial charge in [-0.3, -0.25) is 4.55 Å². The summed E-state index contributed by atoms with van der Waals surface area (Å²) in [5.74, 6) is 0. The van der Waals surface area contributed by atoms with Gasteiger partial charge in [0.2, 0.25) is 0 Å². The molecule has 0 aromatic carbocycles. The lowest BCUT2D eigenvalue weighted by Crippen LogP contribution is -2.36. The summed E-state index contributed by atoms with van der Waals surface area (Å²) in [6, 6.07) is 0.148. The lowest BCUT2D eigenvalue weighted by Gasteiger charge is -2.22. The summed E-state index contributed by atoms with van der Waals surface area (Å²) in [4.78, 5) is 11.5. The summed E-state index contributed by atoms with van der Waals surface area (Å²) < 4.78 is 59.8. The van der Waals surface area contributed by atoms with Gasteiger partial charge in [-0.05, 0) is 32.1 Å². The normalized spacial score (nSPS) is 17.2. The highest BCUT2D eigenvalue weighted by Gasteiger charge is 2.42. The van der Waals surface area contributed by atoms with Crippen LogP contribution in [0.1, 0.15) is 57.8 Å². The number of unbranched alkanes of at least 4 members (excludes halogenated alkanes) is 2. The number of carbonyl (C=O) groups excluding carboxylic acids is 1. The van der Waals surface area contributed by atoms with E-state index in [0.29, 0.717) is 6.42 Å². The van der Waals surface area contributed by atoms with Gasteiger partial charge in [0, 0.05) is 12.5 Å². The average molecular weight is 343 g/mol. The lowest BCUT2D eigenvalue weighted by atomic mass is 9.96. The highest BCUT2D eigenvalue weighted by molar-refractivity contribution is 7.86. The molecule has 1 fully saturated rings. The van der Waals surface area contributed by atoms with Gasteiger partial charge in [0.25, 0.3) is 0 Å². The molecule has 130 valence electrons. The summed E-state index contributed by atoms with van der Waals surface area (Å²) in [5, 5.41) is -1.36. The second kappa shape index (κ2) is 8.61. The van der Waals surface area contributed by atoms with Crippen molar-refractivity contribution < 1.29 is 31.3 Å². The van der Waals surface area contributed by atoms with Crippen LogP contribution in [0, 0.1) is 0 Å². The van der Waals surface area contributed by atoms with E-state index in [1.807, 2.05) is 0 Å². The Bertz CT molecular complexity index is 449. The van der Waals surface area contributed by atoms with Crippen LogP contribution >= 0.6 is 0 Å². The average Bonchev–Trinajstić information content (AvgIpc) is 2.42. The van der Waals surface area contributed by atoms with Crippen molar-refractivity contribution in [1.29, 1.82) is 0 Å². The van der Waals surface area contributed by atoms with Crippen molar-refractivity contribution in [1.82, 2.24) is 5.32 Å². The zero-order valence-corrected chi connectivity index (χ0v) is 13.2. The number of nitrogens with one attached hydrogen (secondary N) is 1. The second-order valence-corrected chi connectivity index (χ2v) is 7.09. The molecule has 0 aromatic heterocycles. The Balaban J connectivity index is 2.06. The number of alkyl carbamates (subject to hydrolysis) is 1. The molecule has 0 aliphatic heterocycles. The maximum atomic E-state index is 12.9. The standard InChI is InChI=1S/C13H23F2NO5S/c14-13(15,22(18,19)20)9-5-2-6-10-21-12(17)16-11-7-3-1-4-8-11/h11H,1-10H2,(H,16,17)(H,18,19,20). The third kappa shape index (κ3) is 6.87. The number of amides is 1. The molecule has 1 amide bonds. The molecule has 9 heteroatoms. The molecule has 0 unspecified atom stereocenters. The molecule has 0 heterocycles. The first-order valence-corrected chi connectivity index (χ1v) is 8.94. The first-order chi connectivity index (χ1) is 10.2. The summed E-state index contributed by atoms with van der Waals surface area (Å²) in [6.07, 6.45) is 4.36. The minimum absolute atomic E-state index is 0.0829. The van der Waals surface area contributed by atoms with Gasteiger partial charge in [0.15, 0.2) is 0 Å². The van der Waals surface area contributed by atoms with E-state index in [4.69, 9.17) is 9.29 Å². The van der Waals surface area contributed by atoms with Gasteiger partial charge in [0.05, 0.1) is 6.61 Å². The molecule has 1 aliphatic carbocycles. The van der Waals surface area contributed by atoms with Crippen LogP contribution in [0.5, 0.6) is 0 Å². The fourth-order valence-corrected chi connectivity index (χ4v) is 2.76. The summed E-state index contributed by atoms with van der Waals surface area (Å²) in [7, 11) is -5.35. The van der Waals surface area contributed by atoms with Crippen molar-refractivity contribution >= 4 is 16.2 Å². The number of carbonyl (C=O) groups is 1. The number of hydrogen-bond acceptors (Lipinski definition) is 4. The quantitative estimate of drug-likeness (QED) is 0.522. The van der Waals surface area contributed by atoms with Crippen molar-refractivity contribution in [2.45, 2.75) is 69.1 Å². The summed E-state index contributed by atoms with van der Waals surface area (Å²) >= 11 is 0. The summed E-state index contributed by atoms with van der Waals surface area (Å²) in [5.41, 5.74) is 0. The van der Waals surface area contributed by atoms with Crippen LogP contribution < -0.4 is 5.32 Å². The van der Waals surface area contributed by atoms with Crippen LogP contribution in [0.25, 0.3) is 0 Å². The molecule has 0 radical (unpaired) electrons. The smallest absolute Gasteiger partial charge is 0.407 e. The van der Waals surface area contributed by atoms with Crippen molar-refractivity contribution in [3.8, 4) is 0 Å². The Morgan fingerprint density at radius 1 is 1.18 bits per heavy atom. The molecule has 1 rings (SSSR count). The van der Waals surface area contributed by atoms with Crippen molar-refractivity contribution in [3.63, 3.8) is 0 Å². The molecule has 6 nitrogen and oxygen atoms in total. The molecular weight excluding hydrogens is 320 g/mol. The van der Waals surface area contributed by atoms with E-state index in [1.165, 1.54) is 6.42 Å². The first-order valence-electron chi connectivity index (χ1n) is 7.50. The van der Waals surface area contributed by atoms with Gasteiger partial charge < -0.3 is 10.1 Å². The Labute approximate surface area is 129 Å². The van der Waals surface area contributed by atoms with Gasteiger partial charge in [0.1, 0.15) is 0 Å². The third-order valence-electron chi connectivity index (χ3n) is 3.65. The van der Waals surface area contributed by atoms with Crippen LogP contribution in [0.15, 0.2) is 0 Å². The van der Waals surface area contributed by atoms with E-state index >= 15 is 0 Å². The van der Waals surface area contributed by atoms with Crippen molar-refractivity contribution in [3.05, 3.63) is 0 Å². The molecule has 0 saturated heterocycles. The molecule has 1 aliphatic rings. The van der Waals surface area contributed by atoms with Gasteiger partial charge in [-0.2, -0.15) is 17.2 Å². The molecule has 0 spiro atoms. The minimum atomic E-state index is -5.35. The highest BCUT2D eigenvalue weighted by atomic mass is 32.2. The van der Waals surface area contributed by atoms with Gasteiger partial charge in [-0.1, -0.05) is 19.3 Å². The van der Waals surface area contributed by atoms with Gasteiger partial charge >= 0.3 is 21.5 Å². The molecule has 22 heavy (non-hydrogen) atoms. The van der Waals surface area contributed by atoms with E-state index in [2.05, 4.69) is 5.32 Å². The fraction of sp³-hybridized carbons (Fsp3) is 0.923.